The van der Waals surface area contributed by atoms with Gasteiger partial charge < -0.3 is 5.32 Å². The van der Waals surface area contributed by atoms with Crippen LogP contribution in [0.5, 0.6) is 0 Å². The summed E-state index contributed by atoms with van der Waals surface area (Å²) in [4.78, 5) is 4.42. The van der Waals surface area contributed by atoms with Gasteiger partial charge in [-0.3, -0.25) is 0 Å². The van der Waals surface area contributed by atoms with Crippen LogP contribution in [0.3, 0.4) is 0 Å². The molecule has 6 heteroatoms. The lowest BCUT2D eigenvalue weighted by atomic mass is 9.96. The minimum Gasteiger partial charge on any atom is -0.370 e. The summed E-state index contributed by atoms with van der Waals surface area (Å²) in [5, 5.41) is 3.06. The van der Waals surface area contributed by atoms with Crippen molar-refractivity contribution in [1.82, 2.24) is 9.29 Å². The van der Waals surface area contributed by atoms with Crippen LogP contribution >= 0.6 is 0 Å². The van der Waals surface area contributed by atoms with Crippen LogP contribution in [0, 0.1) is 11.8 Å². The van der Waals surface area contributed by atoms with Gasteiger partial charge in [-0.2, -0.15) is 4.31 Å². The van der Waals surface area contributed by atoms with E-state index in [1.54, 1.807) is 16.4 Å². The average Bonchev–Trinajstić information content (AvgIpc) is 2.90. The highest BCUT2D eigenvalue weighted by Gasteiger charge is 2.33. The third-order valence-electron chi connectivity index (χ3n) is 3.86. The quantitative estimate of drug-likeness (QED) is 0.905. The van der Waals surface area contributed by atoms with Crippen molar-refractivity contribution < 1.29 is 8.42 Å². The van der Waals surface area contributed by atoms with Gasteiger partial charge in [-0.05, 0) is 37.3 Å². The largest absolute Gasteiger partial charge is 0.370 e. The summed E-state index contributed by atoms with van der Waals surface area (Å²) < 4.78 is 26.7. The van der Waals surface area contributed by atoms with E-state index in [1.165, 1.54) is 6.20 Å². The first kappa shape index (κ1) is 15.3. The molecular weight excluding hydrogens is 274 g/mol. The molecule has 0 spiro atoms. The Kier molecular flexibility index (Phi) is 4.65. The number of pyridine rings is 1. The summed E-state index contributed by atoms with van der Waals surface area (Å²) in [5.41, 5.74) is 0. The third-order valence-corrected chi connectivity index (χ3v) is 5.71. The number of sulfonamides is 1. The number of anilines is 1. The second-order valence-electron chi connectivity index (χ2n) is 5.57. The van der Waals surface area contributed by atoms with Crippen molar-refractivity contribution in [2.75, 3.05) is 25.0 Å². The Morgan fingerprint density at radius 1 is 1.45 bits per heavy atom. The fourth-order valence-electron chi connectivity index (χ4n) is 2.48. The van der Waals surface area contributed by atoms with Crippen molar-refractivity contribution in [3.05, 3.63) is 18.3 Å². The summed E-state index contributed by atoms with van der Waals surface area (Å²) in [6.45, 7) is 8.26. The molecule has 1 atom stereocenters. The fraction of sp³-hybridized carbons (Fsp3) is 0.643. The molecule has 1 aliphatic heterocycles. The first-order chi connectivity index (χ1) is 9.45. The fourth-order valence-corrected chi connectivity index (χ4v) is 3.94. The predicted octanol–water partition coefficient (Wildman–Crippen LogP) is 2.18. The summed E-state index contributed by atoms with van der Waals surface area (Å²) in [6.07, 6.45) is 2.38. The van der Waals surface area contributed by atoms with Gasteiger partial charge in [-0.15, -0.1) is 0 Å². The van der Waals surface area contributed by atoms with E-state index in [9.17, 15) is 8.42 Å². The molecule has 0 saturated carbocycles. The van der Waals surface area contributed by atoms with Crippen LogP contribution < -0.4 is 5.32 Å². The van der Waals surface area contributed by atoms with E-state index in [2.05, 4.69) is 24.1 Å². The minimum atomic E-state index is -3.39. The molecule has 20 heavy (non-hydrogen) atoms. The van der Waals surface area contributed by atoms with E-state index >= 15 is 0 Å². The summed E-state index contributed by atoms with van der Waals surface area (Å²) >= 11 is 0. The Balaban J connectivity index is 2.14. The van der Waals surface area contributed by atoms with Gasteiger partial charge in [-0.25, -0.2) is 13.4 Å². The topological polar surface area (TPSA) is 62.3 Å². The molecule has 1 saturated heterocycles. The normalized spacial score (nSPS) is 20.5. The van der Waals surface area contributed by atoms with Gasteiger partial charge in [-0.1, -0.05) is 13.8 Å². The molecule has 0 radical (unpaired) electrons. The molecule has 0 aliphatic carbocycles. The Morgan fingerprint density at radius 2 is 2.20 bits per heavy atom. The van der Waals surface area contributed by atoms with Gasteiger partial charge in [0.15, 0.2) is 0 Å². The zero-order chi connectivity index (χ0) is 14.8. The van der Waals surface area contributed by atoms with Crippen LogP contribution in [0.4, 0.5) is 5.82 Å². The first-order valence-electron chi connectivity index (χ1n) is 7.15. The van der Waals surface area contributed by atoms with Crippen LogP contribution in [0.1, 0.15) is 27.2 Å². The van der Waals surface area contributed by atoms with Crippen molar-refractivity contribution in [3.63, 3.8) is 0 Å². The van der Waals surface area contributed by atoms with Gasteiger partial charge in [0.25, 0.3) is 0 Å². The molecular formula is C14H23N3O2S. The Bertz CT molecular complexity index is 540. The number of rotatable bonds is 5. The highest BCUT2D eigenvalue weighted by Crippen LogP contribution is 2.28. The monoisotopic (exact) mass is 297 g/mol. The van der Waals surface area contributed by atoms with Crippen LogP contribution in [-0.2, 0) is 10.0 Å². The molecule has 0 amide bonds. The highest BCUT2D eigenvalue weighted by molar-refractivity contribution is 7.89. The maximum atomic E-state index is 12.5. The molecule has 112 valence electrons. The van der Waals surface area contributed by atoms with Gasteiger partial charge in [0, 0.05) is 25.8 Å². The van der Waals surface area contributed by atoms with Crippen molar-refractivity contribution in [2.24, 2.45) is 11.8 Å². The molecule has 0 aromatic carbocycles. The Morgan fingerprint density at radius 3 is 2.70 bits per heavy atom. The Hall–Kier alpha value is -1.14. The zero-order valence-electron chi connectivity index (χ0n) is 12.3. The molecule has 1 N–H and O–H groups in total. The maximum Gasteiger partial charge on any atom is 0.244 e. The molecule has 5 nitrogen and oxygen atoms in total. The molecule has 1 fully saturated rings. The molecule has 2 heterocycles. The Labute approximate surface area is 121 Å². The third kappa shape index (κ3) is 3.12. The second-order valence-corrected chi connectivity index (χ2v) is 7.50. The lowest BCUT2D eigenvalue weighted by Gasteiger charge is -2.18. The van der Waals surface area contributed by atoms with E-state index in [0.717, 1.165) is 13.0 Å². The molecule has 0 bridgehead atoms. The SMILES string of the molecule is CCNc1ccc(S(=O)(=O)N2CCC(C(C)C)C2)cn1. The molecule has 1 aromatic rings. The number of aromatic nitrogens is 1. The van der Waals surface area contributed by atoms with Crippen LogP contribution in [0.15, 0.2) is 23.2 Å². The second kappa shape index (κ2) is 6.10. The van der Waals surface area contributed by atoms with E-state index in [-0.39, 0.29) is 4.90 Å². The summed E-state index contributed by atoms with van der Waals surface area (Å²) in [6, 6.07) is 3.34. The van der Waals surface area contributed by atoms with E-state index in [1.807, 2.05) is 6.92 Å². The van der Waals surface area contributed by atoms with Gasteiger partial charge in [0.1, 0.15) is 10.7 Å². The highest BCUT2D eigenvalue weighted by atomic mass is 32.2. The lowest BCUT2D eigenvalue weighted by Crippen LogP contribution is -2.29. The first-order valence-corrected chi connectivity index (χ1v) is 8.59. The molecule has 1 aromatic heterocycles. The van der Waals surface area contributed by atoms with E-state index < -0.39 is 10.0 Å². The number of hydrogen-bond acceptors (Lipinski definition) is 4. The zero-order valence-corrected chi connectivity index (χ0v) is 13.2. The number of nitrogens with zero attached hydrogens (tertiary/aromatic N) is 2. The number of hydrogen-bond donors (Lipinski definition) is 1. The summed E-state index contributed by atoms with van der Waals surface area (Å²) in [5.74, 6) is 1.68. The number of nitrogens with one attached hydrogen (secondary N) is 1. The van der Waals surface area contributed by atoms with E-state index in [0.29, 0.717) is 30.7 Å². The lowest BCUT2D eigenvalue weighted by molar-refractivity contribution is 0.388. The van der Waals surface area contributed by atoms with E-state index in [4.69, 9.17) is 0 Å². The van der Waals surface area contributed by atoms with Gasteiger partial charge >= 0.3 is 0 Å². The van der Waals surface area contributed by atoms with Crippen molar-refractivity contribution >= 4 is 15.8 Å². The average molecular weight is 297 g/mol. The molecule has 2 rings (SSSR count). The smallest absolute Gasteiger partial charge is 0.244 e. The van der Waals surface area contributed by atoms with Crippen LogP contribution in [-0.4, -0.2) is 37.3 Å². The summed E-state index contributed by atoms with van der Waals surface area (Å²) in [7, 11) is -3.39. The van der Waals surface area contributed by atoms with Crippen molar-refractivity contribution in [1.29, 1.82) is 0 Å². The molecule has 1 aliphatic rings. The maximum absolute atomic E-state index is 12.5. The van der Waals surface area contributed by atoms with Crippen LogP contribution in [0.25, 0.3) is 0 Å². The predicted molar refractivity (Wildman–Crippen MR) is 80.1 cm³/mol. The van der Waals surface area contributed by atoms with Crippen LogP contribution in [0.2, 0.25) is 0 Å². The van der Waals surface area contributed by atoms with Crippen molar-refractivity contribution in [2.45, 2.75) is 32.1 Å². The minimum absolute atomic E-state index is 0.281. The standard InChI is InChI=1S/C14H23N3O2S/c1-4-15-14-6-5-13(9-16-14)20(18,19)17-8-7-12(10-17)11(2)3/h5-6,9,11-12H,4,7-8,10H2,1-3H3,(H,15,16). The molecule has 1 unspecified atom stereocenters. The van der Waals surface area contributed by atoms with Gasteiger partial charge in [0.05, 0.1) is 0 Å². The van der Waals surface area contributed by atoms with Gasteiger partial charge in [0.2, 0.25) is 10.0 Å². The van der Waals surface area contributed by atoms with Crippen molar-refractivity contribution in [3.8, 4) is 0 Å².